The van der Waals surface area contributed by atoms with Gasteiger partial charge in [-0.1, -0.05) is 6.92 Å². The molecule has 0 bridgehead atoms. The second-order valence-corrected chi connectivity index (χ2v) is 37.9. The molecule has 20 atom stereocenters. The molecule has 8 heterocycles. The lowest BCUT2D eigenvalue weighted by molar-refractivity contribution is -0.405. The summed E-state index contributed by atoms with van der Waals surface area (Å²) in [5.74, 6) is -6.09. The number of hydrogen-bond acceptors (Lipinski definition) is 24. The maximum atomic E-state index is 13.7. The lowest BCUT2D eigenvalue weighted by Gasteiger charge is -2.59. The first-order valence-corrected chi connectivity index (χ1v) is 39.1. The van der Waals surface area contributed by atoms with E-state index in [1.54, 1.807) is 72.5 Å². The molecule has 0 aromatic rings. The molecule has 27 nitrogen and oxygen atoms in total. The fourth-order valence-electron chi connectivity index (χ4n) is 18.2. The van der Waals surface area contributed by atoms with Crippen LogP contribution in [0.1, 0.15) is 216 Å². The predicted molar refractivity (Wildman–Crippen MR) is 385 cm³/mol. The van der Waals surface area contributed by atoms with Gasteiger partial charge in [-0.3, -0.25) is 14.7 Å². The maximum Gasteiger partial charge on any atom is 0.414 e. The molecule has 0 radical (unpaired) electrons. The number of carbonyl (C=O) groups excluding carboxylic acids is 4. The van der Waals surface area contributed by atoms with Crippen LogP contribution in [-0.2, 0) is 61.6 Å². The topological polar surface area (TPSA) is 334 Å². The van der Waals surface area contributed by atoms with Gasteiger partial charge in [0.05, 0.1) is 91.3 Å². The lowest BCUT2D eigenvalue weighted by atomic mass is 9.76. The molecular weight excluding hydrogens is 1460 g/mol. The Bertz CT molecular complexity index is 3240. The molecule has 8 N–H and O–H groups in total. The third-order valence-corrected chi connectivity index (χ3v) is 25.9. The van der Waals surface area contributed by atoms with Crippen molar-refractivity contribution < 1.29 is 133 Å². The Labute approximate surface area is 644 Å². The smallest absolute Gasteiger partial charge is 0.414 e. The van der Waals surface area contributed by atoms with Gasteiger partial charge in [0.25, 0.3) is 0 Å². The van der Waals surface area contributed by atoms with Crippen molar-refractivity contribution in [1.29, 1.82) is 0 Å². The number of fused-ring (bicyclic) bond motifs is 3. The molecule has 110 heavy (non-hydrogen) atoms. The van der Waals surface area contributed by atoms with Crippen molar-refractivity contribution in [3.8, 4) is 0 Å². The Morgan fingerprint density at radius 2 is 0.800 bits per heavy atom. The van der Waals surface area contributed by atoms with Crippen LogP contribution in [0.4, 0.5) is 40.7 Å². The molecule has 5 spiro atoms. The molecule has 8 aliphatic heterocycles. The number of halogens is 6. The molecular formula is C77H129F6N5O22. The molecule has 5 aliphatic carbocycles. The highest BCUT2D eigenvalue weighted by atomic mass is 19.4. The summed E-state index contributed by atoms with van der Waals surface area (Å²) in [5, 5.41) is 65.3. The average Bonchev–Trinajstić information content (AvgIpc) is 1.57. The zero-order valence-corrected chi connectivity index (χ0v) is 68.7. The van der Waals surface area contributed by atoms with Crippen LogP contribution in [0.15, 0.2) is 0 Å². The Morgan fingerprint density at radius 1 is 0.491 bits per heavy atom. The first-order chi connectivity index (χ1) is 50.2. The van der Waals surface area contributed by atoms with Gasteiger partial charge in [-0.05, 0) is 202 Å². The summed E-state index contributed by atoms with van der Waals surface area (Å²) in [6.07, 6.45) is -12.8. The van der Waals surface area contributed by atoms with E-state index in [-0.39, 0.29) is 48.8 Å². The highest BCUT2D eigenvalue weighted by molar-refractivity contribution is 5.73. The zero-order chi connectivity index (χ0) is 82.9. The number of carbonyl (C=O) groups is 4. The first kappa shape index (κ1) is 90.3. The summed E-state index contributed by atoms with van der Waals surface area (Å²) in [6, 6.07) is 0. The highest BCUT2D eigenvalue weighted by Crippen LogP contribution is 2.62. The molecule has 636 valence electrons. The number of nitrogens with one attached hydrogen (secondary N) is 2. The number of methoxy groups -OCH3 is 3. The van der Waals surface area contributed by atoms with Crippen molar-refractivity contribution in [2.24, 2.45) is 29.6 Å². The number of nitrogens with zero attached hydrogens (tertiary/aromatic N) is 3. The third-order valence-electron chi connectivity index (χ3n) is 25.9. The van der Waals surface area contributed by atoms with E-state index >= 15 is 0 Å². The average molecular weight is 1590 g/mol. The summed E-state index contributed by atoms with van der Waals surface area (Å²) >= 11 is 0. The summed E-state index contributed by atoms with van der Waals surface area (Å²) < 4.78 is 149. The number of amides is 3. The summed E-state index contributed by atoms with van der Waals surface area (Å²) in [5.41, 5.74) is -7.03. The number of aliphatic hydroxyl groups excluding tert-OH is 6. The van der Waals surface area contributed by atoms with Gasteiger partial charge in [-0.2, -0.15) is 26.3 Å². The van der Waals surface area contributed by atoms with Crippen LogP contribution >= 0.6 is 0 Å². The normalized spacial score (nSPS) is 38.5. The summed E-state index contributed by atoms with van der Waals surface area (Å²) in [7, 11) is 4.57. The maximum absolute atomic E-state index is 13.7. The van der Waals surface area contributed by atoms with E-state index in [2.05, 4.69) is 17.6 Å². The molecule has 0 aromatic heterocycles. The van der Waals surface area contributed by atoms with Crippen molar-refractivity contribution in [1.82, 2.24) is 25.3 Å². The molecule has 0 aromatic carbocycles. The third kappa shape index (κ3) is 17.9. The fourth-order valence-corrected chi connectivity index (χ4v) is 18.2. The van der Waals surface area contributed by atoms with Crippen LogP contribution in [0.2, 0.25) is 0 Å². The molecule has 13 rings (SSSR count). The molecule has 2 unspecified atom stereocenters. The number of hydrogen-bond donors (Lipinski definition) is 8. The van der Waals surface area contributed by atoms with Crippen molar-refractivity contribution in [3.63, 3.8) is 0 Å². The molecule has 5 saturated carbocycles. The number of β-amino-alcohol motifs (C(OH)–C–C–N with tert-alkyl or cyclic N) is 2. The quantitative estimate of drug-likeness (QED) is 0.0639. The van der Waals surface area contributed by atoms with Crippen LogP contribution in [-0.4, -0.2) is 288 Å². The summed E-state index contributed by atoms with van der Waals surface area (Å²) in [6.45, 7) is 37.8. The van der Waals surface area contributed by atoms with E-state index in [1.165, 1.54) is 12.0 Å². The van der Waals surface area contributed by atoms with Crippen molar-refractivity contribution in [2.75, 3.05) is 54.1 Å². The van der Waals surface area contributed by atoms with E-state index < -0.39 is 183 Å². The Morgan fingerprint density at radius 3 is 1.09 bits per heavy atom. The number of likely N-dealkylation sites (tertiary alicyclic amines) is 3. The standard InChI is InChI=1S/C20H32F3NO6.C20H35NO6.C19H31NO6.C9H14F3NO2.C9H17NO2/c1-16(2,3)30-15(26)24-10-11-13(29-18(6,27-7)17(4,5)28-11)12(19(24)8-9-19)14(25)20(21,22)23;1-12(22)14-15-13(25-18(5,6)19(7,24-8)26-15)11-21(20(14)9-10-20)16(23)27-17(2,3)4;1-16(2,3)26-15(22)20-10-13-14(12(11-21)19(20)8-9-19)25-18(6,23-7)17(4,5)24-13;10-9(11,12)3-5-7(15)6(14)4-13-8(5)1-2-8;1-2-6-8(12)7(11)5-10-9(6)3-4-9/h11-14,25H,8-10H2,1-7H3;12-15,22H,9-11H2,1-8H3;11-14H,8-10H2,1-7H3;5-7,13-15H,1-4H2;6-8,10-12H,2-5H2,1H3/t11-,12+,13+,14?,18+;12?,13-,14-,15+,19+;12-,13-,14-,18+;5-,6-,7-;6-,7-,8-/m11111/s1. The van der Waals surface area contributed by atoms with Crippen LogP contribution in [0.25, 0.3) is 0 Å². The van der Waals surface area contributed by atoms with Gasteiger partial charge in [-0.15, -0.1) is 0 Å². The minimum absolute atomic E-state index is 0.00385. The van der Waals surface area contributed by atoms with Gasteiger partial charge < -0.3 is 103 Å². The number of alkyl halides is 6. The highest BCUT2D eigenvalue weighted by Gasteiger charge is 2.74. The Kier molecular flexibility index (Phi) is 25.2. The monoisotopic (exact) mass is 1590 g/mol. The van der Waals surface area contributed by atoms with E-state index in [9.17, 15) is 76.2 Å². The fraction of sp³-hybridized carbons (Fsp3) is 0.948. The molecule has 13 aliphatic rings. The zero-order valence-electron chi connectivity index (χ0n) is 68.7. The number of aldehydes is 1. The Balaban J connectivity index is 0.000000163. The number of aliphatic hydroxyl groups is 6. The number of piperidine rings is 5. The SMILES string of the molecule is CC[C@@H]1[C@@H](O)[C@H](O)CNC12CC2.CO[C@@]1(C)O[C@@H]2[C@@H](C(C)O)C3(CC3)N(C(=O)OC(C)(C)C)C[C@H]2OC1(C)C.CO[C@@]1(C)O[C@@H]2[C@@H](C(O)C(F)(F)F)C3(CC3)N(C(=O)OC(C)(C)C)C[C@H]2OC1(C)C.CO[C@@]1(C)O[C@@H]2[C@@H](C=O)C3(CC3)N(C(=O)OC(C)(C)C)C[C@H]2OC1(C)C.O[C@H]1[C@H](O)CNC2(CC2)[C@@H]1CC(F)(F)F. The van der Waals surface area contributed by atoms with E-state index in [4.69, 9.17) is 56.8 Å². The summed E-state index contributed by atoms with van der Waals surface area (Å²) in [4.78, 5) is 55.5. The van der Waals surface area contributed by atoms with Crippen molar-refractivity contribution in [3.05, 3.63) is 0 Å². The van der Waals surface area contributed by atoms with E-state index in [1.807, 2.05) is 83.1 Å². The molecule has 3 amide bonds. The van der Waals surface area contributed by atoms with Crippen LogP contribution in [0.3, 0.4) is 0 Å². The van der Waals surface area contributed by atoms with Crippen LogP contribution < -0.4 is 10.6 Å². The number of rotatable bonds is 8. The second kappa shape index (κ2) is 30.7. The van der Waals surface area contributed by atoms with Gasteiger partial charge in [-0.25, -0.2) is 14.4 Å². The largest absolute Gasteiger partial charge is 0.444 e. The van der Waals surface area contributed by atoms with E-state index in [0.29, 0.717) is 45.3 Å². The lowest BCUT2D eigenvalue weighted by Crippen LogP contribution is -2.74. The van der Waals surface area contributed by atoms with Crippen molar-refractivity contribution >= 4 is 24.6 Å². The van der Waals surface area contributed by atoms with E-state index in [0.717, 1.165) is 51.2 Å². The minimum Gasteiger partial charge on any atom is -0.444 e. The predicted octanol–water partition coefficient (Wildman–Crippen LogP) is 8.72. The van der Waals surface area contributed by atoms with Crippen LogP contribution in [0.5, 0.6) is 0 Å². The van der Waals surface area contributed by atoms with Crippen LogP contribution in [0, 0.1) is 29.6 Å². The van der Waals surface area contributed by atoms with Gasteiger partial charge in [0.1, 0.15) is 64.3 Å². The first-order valence-electron chi connectivity index (χ1n) is 39.1. The van der Waals surface area contributed by atoms with Gasteiger partial charge >= 0.3 is 30.6 Å². The molecule has 33 heteroatoms. The molecule has 8 saturated heterocycles. The second-order valence-electron chi connectivity index (χ2n) is 37.9. The van der Waals surface area contributed by atoms with Gasteiger partial charge in [0.15, 0.2) is 23.5 Å². The van der Waals surface area contributed by atoms with Crippen molar-refractivity contribution in [2.45, 2.75) is 380 Å². The van der Waals surface area contributed by atoms with Gasteiger partial charge in [0.2, 0.25) is 0 Å². The molecule has 13 fully saturated rings. The van der Waals surface area contributed by atoms with Gasteiger partial charge in [0, 0.05) is 69.2 Å². The Hall–Kier alpha value is -3.62. The number of ether oxygens (including phenoxy) is 12. The minimum atomic E-state index is -4.89.